The largest absolute Gasteiger partial charge is 0.458 e. The summed E-state index contributed by atoms with van der Waals surface area (Å²) in [6.45, 7) is 9.69. The second kappa shape index (κ2) is 15.1. The quantitative estimate of drug-likeness (QED) is 0.130. The molecule has 5 rings (SSSR count). The molecule has 3 atom stereocenters. The van der Waals surface area contributed by atoms with E-state index >= 15 is 0 Å². The Bertz CT molecular complexity index is 1370. The second-order valence-electron chi connectivity index (χ2n) is 14.5. The Morgan fingerprint density at radius 3 is 2.52 bits per heavy atom. The molecule has 0 bridgehead atoms. The molecule has 3 saturated heterocycles. The van der Waals surface area contributed by atoms with E-state index in [0.29, 0.717) is 31.8 Å². The Hall–Kier alpha value is -3.25. The van der Waals surface area contributed by atoms with Crippen molar-refractivity contribution in [2.75, 3.05) is 24.6 Å². The molecule has 1 aromatic heterocycles. The summed E-state index contributed by atoms with van der Waals surface area (Å²) in [4.78, 5) is 33.9. The topological polar surface area (TPSA) is 106 Å². The number of amides is 1. The first-order valence-corrected chi connectivity index (χ1v) is 17.2. The molecule has 1 amide bonds. The highest BCUT2D eigenvalue weighted by atomic mass is 19.4. The van der Waals surface area contributed by atoms with E-state index in [1.165, 1.54) is 17.7 Å². The van der Waals surface area contributed by atoms with Crippen molar-refractivity contribution < 1.29 is 37.0 Å². The monoisotopic (exact) mass is 674 g/mol. The molecule has 1 N–H and O–H groups in total. The first-order chi connectivity index (χ1) is 22.7. The third kappa shape index (κ3) is 10.4. The number of alkyl halides is 3. The van der Waals surface area contributed by atoms with Crippen LogP contribution in [-0.4, -0.2) is 71.0 Å². The van der Waals surface area contributed by atoms with Gasteiger partial charge in [-0.25, -0.2) is 9.97 Å². The van der Waals surface area contributed by atoms with Crippen LogP contribution in [0.1, 0.15) is 91.3 Å². The Morgan fingerprint density at radius 2 is 1.85 bits per heavy atom. The molecule has 3 aliphatic heterocycles. The highest BCUT2D eigenvalue weighted by Crippen LogP contribution is 2.46. The third-order valence-corrected chi connectivity index (χ3v) is 9.75. The van der Waals surface area contributed by atoms with Crippen LogP contribution in [-0.2, 0) is 30.0 Å². The fraction of sp³-hybridized carbons (Fsp3) is 0.667. The third-order valence-electron chi connectivity index (χ3n) is 9.75. The van der Waals surface area contributed by atoms with Gasteiger partial charge in [0.1, 0.15) is 11.9 Å². The van der Waals surface area contributed by atoms with E-state index in [0.717, 1.165) is 57.7 Å². The van der Waals surface area contributed by atoms with Gasteiger partial charge >= 0.3 is 12.1 Å². The summed E-state index contributed by atoms with van der Waals surface area (Å²) in [6, 6.07) is 1.56. The molecule has 1 aliphatic carbocycles. The van der Waals surface area contributed by atoms with Crippen LogP contribution >= 0.6 is 0 Å². The fourth-order valence-corrected chi connectivity index (χ4v) is 7.16. The van der Waals surface area contributed by atoms with Crippen LogP contribution in [0.15, 0.2) is 48.2 Å². The van der Waals surface area contributed by atoms with Crippen LogP contribution in [0.3, 0.4) is 0 Å². The lowest BCUT2D eigenvalue weighted by atomic mass is 9.83. The summed E-state index contributed by atoms with van der Waals surface area (Å²) in [5, 5.41) is 3.08. The van der Waals surface area contributed by atoms with E-state index in [4.69, 9.17) is 14.2 Å². The molecule has 264 valence electrons. The lowest BCUT2D eigenvalue weighted by molar-refractivity contribution is -0.152. The average Bonchev–Trinajstić information content (AvgIpc) is 3.78. The standard InChI is InChI=1S/C36H49F3N4O5/c1-24(6-13-29-21-35(23-46-35)22-34(3,4)48-29)5-8-26-9-11-28(12-10-26)41-31(44)14-7-25(2)47-32(45)27-16-19-43(20-17-27)30-15-18-40-33(42-30)36(37,38)39/h5-7,13-15,18,25-29H,8-12,16-17,19-23H2,1-4H3,(H,41,44)/t25-,26?,28?,29+,35+/m0/s1. The lowest BCUT2D eigenvalue weighted by Crippen LogP contribution is -2.43. The molecule has 0 aromatic carbocycles. The van der Waals surface area contributed by atoms with Crippen molar-refractivity contribution in [3.8, 4) is 0 Å². The van der Waals surface area contributed by atoms with Gasteiger partial charge < -0.3 is 24.4 Å². The van der Waals surface area contributed by atoms with Gasteiger partial charge in [0.25, 0.3) is 0 Å². The summed E-state index contributed by atoms with van der Waals surface area (Å²) in [6.07, 6.45) is 13.3. The number of halogens is 3. The number of anilines is 1. The lowest BCUT2D eigenvalue weighted by Gasteiger charge is -2.38. The number of ether oxygens (including phenoxy) is 3. The van der Waals surface area contributed by atoms with Crippen molar-refractivity contribution in [1.29, 1.82) is 0 Å². The maximum Gasteiger partial charge on any atom is 0.451 e. The Morgan fingerprint density at radius 1 is 1.15 bits per heavy atom. The van der Waals surface area contributed by atoms with Gasteiger partial charge in [0.2, 0.25) is 11.7 Å². The van der Waals surface area contributed by atoms with Crippen molar-refractivity contribution in [3.63, 3.8) is 0 Å². The number of aromatic nitrogens is 2. The number of epoxide rings is 1. The molecule has 4 heterocycles. The molecule has 1 saturated carbocycles. The number of hydrogen-bond acceptors (Lipinski definition) is 8. The predicted molar refractivity (Wildman–Crippen MR) is 175 cm³/mol. The zero-order valence-corrected chi connectivity index (χ0v) is 28.4. The number of nitrogens with one attached hydrogen (secondary N) is 1. The number of piperidine rings is 1. The van der Waals surface area contributed by atoms with Crippen molar-refractivity contribution in [1.82, 2.24) is 15.3 Å². The van der Waals surface area contributed by atoms with E-state index in [9.17, 15) is 22.8 Å². The number of esters is 1. The van der Waals surface area contributed by atoms with Crippen LogP contribution in [0, 0.1) is 11.8 Å². The molecular weight excluding hydrogens is 625 g/mol. The Labute approximate surface area is 281 Å². The van der Waals surface area contributed by atoms with E-state index < -0.39 is 18.1 Å². The number of carbonyl (C=O) groups excluding carboxylic acids is 2. The molecule has 1 spiro atoms. The summed E-state index contributed by atoms with van der Waals surface area (Å²) < 4.78 is 56.4. The number of hydrogen-bond donors (Lipinski definition) is 1. The van der Waals surface area contributed by atoms with E-state index in [1.54, 1.807) is 17.9 Å². The number of carbonyl (C=O) groups is 2. The summed E-state index contributed by atoms with van der Waals surface area (Å²) in [7, 11) is 0. The maximum absolute atomic E-state index is 13.0. The van der Waals surface area contributed by atoms with Gasteiger partial charge in [-0.3, -0.25) is 9.59 Å². The van der Waals surface area contributed by atoms with Gasteiger partial charge in [0.15, 0.2) is 0 Å². The van der Waals surface area contributed by atoms with Crippen LogP contribution in [0.5, 0.6) is 0 Å². The van der Waals surface area contributed by atoms with Gasteiger partial charge in [-0.15, -0.1) is 0 Å². The molecular formula is C36H49F3N4O5. The summed E-state index contributed by atoms with van der Waals surface area (Å²) in [5.74, 6) is -1.36. The minimum Gasteiger partial charge on any atom is -0.458 e. The van der Waals surface area contributed by atoms with Crippen LogP contribution in [0.4, 0.5) is 19.0 Å². The van der Waals surface area contributed by atoms with Crippen molar-refractivity contribution in [3.05, 3.63) is 54.0 Å². The minimum absolute atomic E-state index is 0.0178. The fourth-order valence-electron chi connectivity index (χ4n) is 7.16. The highest BCUT2D eigenvalue weighted by Gasteiger charge is 2.53. The SMILES string of the molecule is CC(C=C[C@@H]1C[C@]2(CO2)CC(C)(C)O1)=CCC1CCC(NC(=O)C=C[C@H](C)OC(=O)C2CCN(c3ccnc(C(F)(F)F)n3)CC2)CC1. The van der Waals surface area contributed by atoms with E-state index in [1.807, 2.05) is 0 Å². The smallest absolute Gasteiger partial charge is 0.451 e. The summed E-state index contributed by atoms with van der Waals surface area (Å²) in [5.41, 5.74) is 1.08. The average molecular weight is 675 g/mol. The van der Waals surface area contributed by atoms with Gasteiger partial charge in [0, 0.05) is 44.2 Å². The minimum atomic E-state index is -4.62. The molecule has 9 nitrogen and oxygen atoms in total. The molecule has 0 radical (unpaired) electrons. The second-order valence-corrected chi connectivity index (χ2v) is 14.5. The molecule has 12 heteroatoms. The predicted octanol–water partition coefficient (Wildman–Crippen LogP) is 6.49. The molecule has 4 fully saturated rings. The van der Waals surface area contributed by atoms with Crippen LogP contribution in [0.25, 0.3) is 0 Å². The molecule has 4 aliphatic rings. The number of allylic oxidation sites excluding steroid dienone is 3. The molecule has 48 heavy (non-hydrogen) atoms. The van der Waals surface area contributed by atoms with Gasteiger partial charge in [0.05, 0.1) is 29.8 Å². The van der Waals surface area contributed by atoms with Crippen LogP contribution < -0.4 is 10.2 Å². The zero-order valence-electron chi connectivity index (χ0n) is 28.4. The van der Waals surface area contributed by atoms with Gasteiger partial charge in [-0.1, -0.05) is 23.8 Å². The maximum atomic E-state index is 13.0. The van der Waals surface area contributed by atoms with Crippen molar-refractivity contribution in [2.45, 2.75) is 121 Å². The van der Waals surface area contributed by atoms with Crippen molar-refractivity contribution in [2.24, 2.45) is 11.8 Å². The zero-order chi connectivity index (χ0) is 34.5. The van der Waals surface area contributed by atoms with Crippen LogP contribution in [0.2, 0.25) is 0 Å². The van der Waals surface area contributed by atoms with E-state index in [2.05, 4.69) is 54.3 Å². The summed E-state index contributed by atoms with van der Waals surface area (Å²) >= 11 is 0. The highest BCUT2D eigenvalue weighted by molar-refractivity contribution is 5.87. The Balaban J connectivity index is 0.967. The van der Waals surface area contributed by atoms with E-state index in [-0.39, 0.29) is 47.0 Å². The molecule has 0 unspecified atom stereocenters. The number of rotatable bonds is 10. The normalized spacial score (nSPS) is 28.9. The van der Waals surface area contributed by atoms with Crippen molar-refractivity contribution >= 4 is 17.7 Å². The Kier molecular flexibility index (Phi) is 11.3. The molecule has 1 aromatic rings. The van der Waals surface area contributed by atoms with Gasteiger partial charge in [-0.05, 0) is 90.7 Å². The first kappa shape index (κ1) is 36.0. The van der Waals surface area contributed by atoms with Gasteiger partial charge in [-0.2, -0.15) is 13.2 Å². The first-order valence-electron chi connectivity index (χ1n) is 17.2. The number of nitrogens with zero attached hydrogens (tertiary/aromatic N) is 3.